The van der Waals surface area contributed by atoms with Crippen LogP contribution < -0.4 is 20.3 Å². The van der Waals surface area contributed by atoms with Gasteiger partial charge in [0.1, 0.15) is 11.5 Å². The molecule has 9 heteroatoms. The summed E-state index contributed by atoms with van der Waals surface area (Å²) in [6.45, 7) is 1.25. The lowest BCUT2D eigenvalue weighted by Gasteiger charge is -2.61. The van der Waals surface area contributed by atoms with E-state index in [0.717, 1.165) is 38.6 Å². The standard InChI is InChI=1S/C26H31N5O4/c32-19-7-9-31(15-19)21-5-3-6-22(28-21)35-24(34)30-26-13-17-10-18(14-26)12-25(11-17,16-26)29-23(33)20-4-1-2-8-27-20/h1-6,8,17-19,32H,7,9-16H2,(H,29,33)(H,30,34). The first-order valence-electron chi connectivity index (χ1n) is 12.5. The minimum Gasteiger partial charge on any atom is -0.391 e. The van der Waals surface area contributed by atoms with Crippen molar-refractivity contribution in [3.05, 3.63) is 48.3 Å². The summed E-state index contributed by atoms with van der Waals surface area (Å²) in [6.07, 6.45) is 6.98. The van der Waals surface area contributed by atoms with Crippen molar-refractivity contribution in [1.29, 1.82) is 0 Å². The molecule has 5 aliphatic rings. The summed E-state index contributed by atoms with van der Waals surface area (Å²) in [7, 11) is 0. The Kier molecular flexibility index (Phi) is 5.40. The van der Waals surface area contributed by atoms with Crippen LogP contribution in [-0.4, -0.2) is 57.3 Å². The molecule has 5 fully saturated rings. The first kappa shape index (κ1) is 22.3. The topological polar surface area (TPSA) is 117 Å². The molecule has 4 saturated carbocycles. The maximum Gasteiger partial charge on any atom is 0.414 e. The maximum absolute atomic E-state index is 13.0. The second kappa shape index (κ2) is 8.48. The van der Waals surface area contributed by atoms with Gasteiger partial charge in [0.15, 0.2) is 0 Å². The van der Waals surface area contributed by atoms with E-state index in [0.29, 0.717) is 42.7 Å². The fourth-order valence-corrected chi connectivity index (χ4v) is 7.28. The van der Waals surface area contributed by atoms with E-state index >= 15 is 0 Å². The van der Waals surface area contributed by atoms with Crippen LogP contribution in [0.4, 0.5) is 10.6 Å². The highest BCUT2D eigenvalue weighted by atomic mass is 16.6. The van der Waals surface area contributed by atoms with Crippen molar-refractivity contribution in [1.82, 2.24) is 20.6 Å². The molecule has 2 amide bonds. The van der Waals surface area contributed by atoms with Crippen molar-refractivity contribution in [2.75, 3.05) is 18.0 Å². The molecule has 3 heterocycles. The van der Waals surface area contributed by atoms with E-state index in [-0.39, 0.29) is 23.4 Å². The van der Waals surface area contributed by atoms with Gasteiger partial charge in [0.2, 0.25) is 5.88 Å². The fourth-order valence-electron chi connectivity index (χ4n) is 7.28. The molecule has 0 aromatic carbocycles. The van der Waals surface area contributed by atoms with Gasteiger partial charge in [0.05, 0.1) is 6.10 Å². The van der Waals surface area contributed by atoms with Crippen molar-refractivity contribution in [2.45, 2.75) is 62.1 Å². The Morgan fingerprint density at radius 3 is 2.49 bits per heavy atom. The number of ether oxygens (including phenoxy) is 1. The molecule has 1 aliphatic heterocycles. The molecule has 3 N–H and O–H groups in total. The number of carbonyl (C=O) groups is 2. The van der Waals surface area contributed by atoms with E-state index in [1.807, 2.05) is 23.1 Å². The number of aliphatic hydroxyl groups is 1. The summed E-state index contributed by atoms with van der Waals surface area (Å²) in [5, 5.41) is 16.3. The highest BCUT2D eigenvalue weighted by Crippen LogP contribution is 2.57. The van der Waals surface area contributed by atoms with Gasteiger partial charge in [0, 0.05) is 36.4 Å². The largest absolute Gasteiger partial charge is 0.414 e. The highest BCUT2D eigenvalue weighted by molar-refractivity contribution is 5.92. The molecule has 3 unspecified atom stereocenters. The van der Waals surface area contributed by atoms with Gasteiger partial charge >= 0.3 is 6.09 Å². The average Bonchev–Trinajstić information content (AvgIpc) is 3.24. The van der Waals surface area contributed by atoms with Crippen LogP contribution in [0, 0.1) is 11.8 Å². The Bertz CT molecular complexity index is 1110. The fraction of sp³-hybridized carbons (Fsp3) is 0.538. The average molecular weight is 478 g/mol. The van der Waals surface area contributed by atoms with Crippen molar-refractivity contribution in [3.8, 4) is 5.88 Å². The van der Waals surface area contributed by atoms with E-state index in [1.54, 1.807) is 24.4 Å². The molecule has 2 aromatic heterocycles. The summed E-state index contributed by atoms with van der Waals surface area (Å²) in [6, 6.07) is 10.7. The zero-order chi connectivity index (χ0) is 24.0. The van der Waals surface area contributed by atoms with E-state index in [9.17, 15) is 14.7 Å². The lowest BCUT2D eigenvalue weighted by Crippen LogP contribution is -2.70. The lowest BCUT2D eigenvalue weighted by atomic mass is 9.50. The van der Waals surface area contributed by atoms with Crippen molar-refractivity contribution < 1.29 is 19.4 Å². The van der Waals surface area contributed by atoms with Crippen LogP contribution in [0.2, 0.25) is 0 Å². The number of β-amino-alcohol motifs (C(OH)–C–C–N with tert-alkyl or cyclic N) is 1. The zero-order valence-corrected chi connectivity index (χ0v) is 19.7. The van der Waals surface area contributed by atoms with Crippen LogP contribution in [0.25, 0.3) is 0 Å². The number of aliphatic hydroxyl groups excluding tert-OH is 1. The number of nitrogens with one attached hydrogen (secondary N) is 2. The molecule has 2 aromatic rings. The lowest BCUT2D eigenvalue weighted by molar-refractivity contribution is -0.0450. The summed E-state index contributed by atoms with van der Waals surface area (Å²) < 4.78 is 5.62. The first-order valence-corrected chi connectivity index (χ1v) is 12.5. The molecule has 0 radical (unpaired) electrons. The Morgan fingerprint density at radius 2 is 1.80 bits per heavy atom. The maximum atomic E-state index is 13.0. The second-order valence-corrected chi connectivity index (χ2v) is 10.9. The monoisotopic (exact) mass is 477 g/mol. The Labute approximate surface area is 204 Å². The van der Waals surface area contributed by atoms with Crippen LogP contribution in [0.3, 0.4) is 0 Å². The summed E-state index contributed by atoms with van der Waals surface area (Å²) >= 11 is 0. The molecule has 7 rings (SSSR count). The molecule has 1 saturated heterocycles. The number of aromatic nitrogens is 2. The number of carbonyl (C=O) groups excluding carboxylic acids is 2. The Hall–Kier alpha value is -3.20. The number of hydrogen-bond acceptors (Lipinski definition) is 7. The van der Waals surface area contributed by atoms with Gasteiger partial charge in [-0.05, 0) is 75.0 Å². The predicted molar refractivity (Wildman–Crippen MR) is 128 cm³/mol. The molecular formula is C26H31N5O4. The van der Waals surface area contributed by atoms with Gasteiger partial charge in [-0.3, -0.25) is 9.78 Å². The van der Waals surface area contributed by atoms with Crippen LogP contribution in [0.5, 0.6) is 5.88 Å². The van der Waals surface area contributed by atoms with E-state index in [1.165, 1.54) is 0 Å². The molecule has 3 atom stereocenters. The number of nitrogens with zero attached hydrogens (tertiary/aromatic N) is 3. The first-order chi connectivity index (χ1) is 16.9. The molecular weight excluding hydrogens is 446 g/mol. The van der Waals surface area contributed by atoms with Crippen LogP contribution in [0.1, 0.15) is 55.4 Å². The molecule has 4 bridgehead atoms. The van der Waals surface area contributed by atoms with Crippen LogP contribution in [0.15, 0.2) is 42.6 Å². The summed E-state index contributed by atoms with van der Waals surface area (Å²) in [5.74, 6) is 1.70. The SMILES string of the molecule is O=C(NC12CC3CC(C1)CC(NC(=O)c1ccccn1)(C3)C2)Oc1cccc(N2CCC(O)C2)n1. The number of anilines is 1. The third kappa shape index (κ3) is 4.45. The third-order valence-electron chi connectivity index (χ3n) is 8.10. The third-order valence-corrected chi connectivity index (χ3v) is 8.10. The summed E-state index contributed by atoms with van der Waals surface area (Å²) in [5.41, 5.74) is -0.309. The van der Waals surface area contributed by atoms with E-state index in [4.69, 9.17) is 4.74 Å². The summed E-state index contributed by atoms with van der Waals surface area (Å²) in [4.78, 5) is 36.6. The molecule has 184 valence electrons. The predicted octanol–water partition coefficient (Wildman–Crippen LogP) is 2.66. The highest BCUT2D eigenvalue weighted by Gasteiger charge is 2.59. The Balaban J connectivity index is 1.15. The number of hydrogen-bond donors (Lipinski definition) is 3. The normalized spacial score (nSPS) is 32.9. The smallest absolute Gasteiger partial charge is 0.391 e. The van der Waals surface area contributed by atoms with Gasteiger partial charge in [-0.25, -0.2) is 4.79 Å². The van der Waals surface area contributed by atoms with Crippen LogP contribution in [-0.2, 0) is 0 Å². The number of pyridine rings is 2. The zero-order valence-electron chi connectivity index (χ0n) is 19.7. The van der Waals surface area contributed by atoms with Crippen molar-refractivity contribution >= 4 is 17.8 Å². The van der Waals surface area contributed by atoms with Gasteiger partial charge in [0.25, 0.3) is 5.91 Å². The molecule has 0 spiro atoms. The second-order valence-electron chi connectivity index (χ2n) is 10.9. The van der Waals surface area contributed by atoms with E-state index in [2.05, 4.69) is 20.6 Å². The Morgan fingerprint density at radius 1 is 1.03 bits per heavy atom. The van der Waals surface area contributed by atoms with E-state index < -0.39 is 11.6 Å². The quantitative estimate of drug-likeness (QED) is 0.606. The van der Waals surface area contributed by atoms with Gasteiger partial charge in [-0.2, -0.15) is 4.98 Å². The molecule has 35 heavy (non-hydrogen) atoms. The minimum absolute atomic E-state index is 0.154. The molecule has 4 aliphatic carbocycles. The number of amides is 2. The van der Waals surface area contributed by atoms with Gasteiger partial charge < -0.3 is 25.4 Å². The molecule has 9 nitrogen and oxygen atoms in total. The van der Waals surface area contributed by atoms with Crippen molar-refractivity contribution in [2.24, 2.45) is 11.8 Å². The van der Waals surface area contributed by atoms with Crippen molar-refractivity contribution in [3.63, 3.8) is 0 Å². The number of rotatable bonds is 5. The van der Waals surface area contributed by atoms with Gasteiger partial charge in [-0.1, -0.05) is 12.1 Å². The minimum atomic E-state index is -0.510. The van der Waals surface area contributed by atoms with Crippen LogP contribution >= 0.6 is 0 Å². The van der Waals surface area contributed by atoms with Gasteiger partial charge in [-0.15, -0.1) is 0 Å².